The third-order valence-electron chi connectivity index (χ3n) is 3.75. The molecule has 0 radical (unpaired) electrons. The van der Waals surface area contributed by atoms with Gasteiger partial charge in [0.05, 0.1) is 6.61 Å². The number of ether oxygens (including phenoxy) is 1. The molecule has 1 saturated heterocycles. The lowest BCUT2D eigenvalue weighted by molar-refractivity contribution is -0.143. The Bertz CT molecular complexity index is 495. The molecular weight excluding hydrogens is 266 g/mol. The van der Waals surface area contributed by atoms with Crippen LogP contribution in [-0.4, -0.2) is 36.3 Å². The highest BCUT2D eigenvalue weighted by molar-refractivity contribution is 5.97. The van der Waals surface area contributed by atoms with Crippen LogP contribution in [-0.2, 0) is 16.1 Å². The summed E-state index contributed by atoms with van der Waals surface area (Å²) in [5.74, 6) is -0.102. The number of hydrogen-bond donors (Lipinski definition) is 0. The summed E-state index contributed by atoms with van der Waals surface area (Å²) >= 11 is 0. The van der Waals surface area contributed by atoms with Crippen LogP contribution in [0, 0.1) is 0 Å². The lowest BCUT2D eigenvalue weighted by Gasteiger charge is -2.31. The minimum atomic E-state index is -0.223. The molecule has 1 aromatic rings. The highest BCUT2D eigenvalue weighted by Crippen LogP contribution is 2.18. The second kappa shape index (κ2) is 7.93. The molecule has 4 nitrogen and oxygen atoms in total. The number of nitrogens with zero attached hydrogens (tertiary/aromatic N) is 1. The molecule has 114 valence electrons. The van der Waals surface area contributed by atoms with Gasteiger partial charge in [0.2, 0.25) is 0 Å². The molecule has 21 heavy (non-hydrogen) atoms. The lowest BCUT2D eigenvalue weighted by atomic mass is 9.99. The molecule has 1 aliphatic heterocycles. The zero-order valence-corrected chi connectivity index (χ0v) is 12.6. The first-order valence-corrected chi connectivity index (χ1v) is 7.69. The summed E-state index contributed by atoms with van der Waals surface area (Å²) in [4.78, 5) is 25.9. The summed E-state index contributed by atoms with van der Waals surface area (Å²) in [6, 6.07) is 7.79. The van der Waals surface area contributed by atoms with E-state index >= 15 is 0 Å². The predicted molar refractivity (Wildman–Crippen MR) is 81.2 cm³/mol. The Kier molecular flexibility index (Phi) is 5.93. The largest absolute Gasteiger partial charge is 0.466 e. The Morgan fingerprint density at radius 2 is 1.95 bits per heavy atom. The Morgan fingerprint density at radius 3 is 2.62 bits per heavy atom. The highest BCUT2D eigenvalue weighted by Gasteiger charge is 2.17. The molecule has 1 heterocycles. The number of carbonyl (C=O) groups excluding carboxylic acids is 2. The van der Waals surface area contributed by atoms with E-state index in [1.165, 1.54) is 6.42 Å². The maximum atomic E-state index is 12.3. The summed E-state index contributed by atoms with van der Waals surface area (Å²) < 4.78 is 4.87. The molecule has 1 fully saturated rings. The van der Waals surface area contributed by atoms with E-state index in [2.05, 4.69) is 4.90 Å². The molecular formula is C17H23NO3. The van der Waals surface area contributed by atoms with Gasteiger partial charge in [0.15, 0.2) is 5.78 Å². The van der Waals surface area contributed by atoms with Crippen molar-refractivity contribution in [2.45, 2.75) is 39.2 Å². The summed E-state index contributed by atoms with van der Waals surface area (Å²) in [5, 5.41) is 0. The molecule has 4 heteroatoms. The van der Waals surface area contributed by atoms with E-state index in [4.69, 9.17) is 4.74 Å². The van der Waals surface area contributed by atoms with Gasteiger partial charge in [-0.15, -0.1) is 0 Å². The number of esters is 1. The maximum absolute atomic E-state index is 12.3. The van der Waals surface area contributed by atoms with E-state index in [0.717, 1.165) is 30.8 Å². The summed E-state index contributed by atoms with van der Waals surface area (Å²) in [6.07, 6.45) is 2.51. The van der Waals surface area contributed by atoms with Gasteiger partial charge in [-0.25, -0.2) is 0 Å². The molecule has 0 N–H and O–H groups in total. The first-order valence-electron chi connectivity index (χ1n) is 7.69. The Hall–Kier alpha value is -1.68. The topological polar surface area (TPSA) is 46.6 Å². The molecule has 0 amide bonds. The number of hydrogen-bond acceptors (Lipinski definition) is 4. The molecule has 2 rings (SSSR count). The van der Waals surface area contributed by atoms with Gasteiger partial charge in [-0.1, -0.05) is 24.3 Å². The molecule has 0 aromatic heterocycles. The molecule has 1 aromatic carbocycles. The second-order valence-electron chi connectivity index (χ2n) is 5.37. The predicted octanol–water partition coefficient (Wildman–Crippen LogP) is 2.81. The van der Waals surface area contributed by atoms with Crippen LogP contribution in [0.25, 0.3) is 0 Å². The average molecular weight is 289 g/mol. The zero-order chi connectivity index (χ0) is 15.1. The molecule has 0 saturated carbocycles. The Balaban J connectivity index is 1.87. The van der Waals surface area contributed by atoms with Crippen LogP contribution >= 0.6 is 0 Å². The summed E-state index contributed by atoms with van der Waals surface area (Å²) in [7, 11) is 0. The SMILES string of the molecule is CCOC(=O)CCCC(=O)c1ccccc1CN1CCC1. The van der Waals surface area contributed by atoms with Crippen molar-refractivity contribution in [2.24, 2.45) is 0 Å². The highest BCUT2D eigenvalue weighted by atomic mass is 16.5. The normalized spacial score (nSPS) is 14.5. The van der Waals surface area contributed by atoms with Crippen molar-refractivity contribution in [3.05, 3.63) is 35.4 Å². The van der Waals surface area contributed by atoms with Crippen molar-refractivity contribution in [3.8, 4) is 0 Å². The van der Waals surface area contributed by atoms with E-state index in [1.807, 2.05) is 24.3 Å². The minimum absolute atomic E-state index is 0.121. The van der Waals surface area contributed by atoms with Crippen LogP contribution in [0.2, 0.25) is 0 Å². The second-order valence-corrected chi connectivity index (χ2v) is 5.37. The quantitative estimate of drug-likeness (QED) is 0.545. The van der Waals surface area contributed by atoms with Crippen molar-refractivity contribution in [1.82, 2.24) is 4.90 Å². The fourth-order valence-corrected chi connectivity index (χ4v) is 2.47. The van der Waals surface area contributed by atoms with Gasteiger partial charge in [-0.05, 0) is 38.4 Å². The first-order chi connectivity index (χ1) is 10.2. The van der Waals surface area contributed by atoms with Gasteiger partial charge >= 0.3 is 5.97 Å². The van der Waals surface area contributed by atoms with Crippen molar-refractivity contribution >= 4 is 11.8 Å². The molecule has 0 atom stereocenters. The fraction of sp³-hybridized carbons (Fsp3) is 0.529. The van der Waals surface area contributed by atoms with Crippen molar-refractivity contribution in [3.63, 3.8) is 0 Å². The zero-order valence-electron chi connectivity index (χ0n) is 12.6. The number of likely N-dealkylation sites (tertiary alicyclic amines) is 1. The molecule has 1 aliphatic rings. The lowest BCUT2D eigenvalue weighted by Crippen LogP contribution is -2.36. The molecule has 0 spiro atoms. The third kappa shape index (κ3) is 4.67. The number of rotatable bonds is 8. The maximum Gasteiger partial charge on any atom is 0.305 e. The summed E-state index contributed by atoms with van der Waals surface area (Å²) in [6.45, 7) is 5.26. The van der Waals surface area contributed by atoms with Crippen LogP contribution in [0.1, 0.15) is 48.5 Å². The number of benzene rings is 1. The van der Waals surface area contributed by atoms with Gasteiger partial charge in [-0.2, -0.15) is 0 Å². The first kappa shape index (κ1) is 15.7. The van der Waals surface area contributed by atoms with Gasteiger partial charge in [0.1, 0.15) is 0 Å². The van der Waals surface area contributed by atoms with Crippen LogP contribution in [0.3, 0.4) is 0 Å². The van der Waals surface area contributed by atoms with Gasteiger partial charge in [0.25, 0.3) is 0 Å². The van der Waals surface area contributed by atoms with E-state index < -0.39 is 0 Å². The van der Waals surface area contributed by atoms with E-state index in [-0.39, 0.29) is 11.8 Å². The van der Waals surface area contributed by atoms with Crippen molar-refractivity contribution in [2.75, 3.05) is 19.7 Å². The number of ketones is 1. The summed E-state index contributed by atoms with van der Waals surface area (Å²) in [5.41, 5.74) is 1.89. The molecule has 0 bridgehead atoms. The molecule has 0 aliphatic carbocycles. The van der Waals surface area contributed by atoms with E-state index in [9.17, 15) is 9.59 Å². The van der Waals surface area contributed by atoms with Crippen LogP contribution in [0.5, 0.6) is 0 Å². The van der Waals surface area contributed by atoms with Crippen molar-refractivity contribution in [1.29, 1.82) is 0 Å². The number of Topliss-reactive ketones (excluding diaryl/α,β-unsaturated/α-hetero) is 1. The van der Waals surface area contributed by atoms with Crippen LogP contribution in [0.4, 0.5) is 0 Å². The minimum Gasteiger partial charge on any atom is -0.466 e. The standard InChI is InChI=1S/C17H23NO3/c1-2-21-17(20)10-5-9-16(19)15-8-4-3-7-14(15)13-18-11-6-12-18/h3-4,7-8H,2,5-6,9-13H2,1H3. The van der Waals surface area contributed by atoms with Gasteiger partial charge in [-0.3, -0.25) is 14.5 Å². The molecule has 0 unspecified atom stereocenters. The van der Waals surface area contributed by atoms with Crippen LogP contribution < -0.4 is 0 Å². The van der Waals surface area contributed by atoms with Crippen molar-refractivity contribution < 1.29 is 14.3 Å². The van der Waals surface area contributed by atoms with E-state index in [1.54, 1.807) is 6.92 Å². The fourth-order valence-electron chi connectivity index (χ4n) is 2.47. The van der Waals surface area contributed by atoms with Gasteiger partial charge in [0, 0.05) is 24.9 Å². The Labute approximate surface area is 126 Å². The third-order valence-corrected chi connectivity index (χ3v) is 3.75. The van der Waals surface area contributed by atoms with E-state index in [0.29, 0.717) is 25.9 Å². The average Bonchev–Trinajstić information content (AvgIpc) is 2.43. The Morgan fingerprint density at radius 1 is 1.19 bits per heavy atom. The monoisotopic (exact) mass is 289 g/mol. The van der Waals surface area contributed by atoms with Gasteiger partial charge < -0.3 is 4.74 Å². The smallest absolute Gasteiger partial charge is 0.305 e. The number of carbonyl (C=O) groups is 2. The van der Waals surface area contributed by atoms with Crippen LogP contribution in [0.15, 0.2) is 24.3 Å².